The SMILES string of the molecule is CC(Oc1ccc(C(F)(F)F)cn1)C(=O)NC(C)[C@@H](Cc1ccc(Cl)cc1)c1cccc(C(N)=O)c1. The standard InChI is InChI=1S/C26H25ClF3N3O3/c1-15(33-25(35)16(2)36-23-11-8-20(14-32-23)26(28,29)30)22(12-17-6-9-21(27)10-7-17)18-4-3-5-19(13-18)24(31)34/h3-11,13-16,22H,12H2,1-2H3,(H2,31,34)(H,33,35)/t15?,16?,22-/m1/s1. The Hall–Kier alpha value is -3.59. The largest absolute Gasteiger partial charge is 0.465 e. The Morgan fingerprint density at radius 2 is 1.78 bits per heavy atom. The summed E-state index contributed by atoms with van der Waals surface area (Å²) in [7, 11) is 0. The van der Waals surface area contributed by atoms with Crippen LogP contribution < -0.4 is 15.8 Å². The fourth-order valence-electron chi connectivity index (χ4n) is 3.67. The van der Waals surface area contributed by atoms with E-state index in [9.17, 15) is 22.8 Å². The number of primary amides is 1. The van der Waals surface area contributed by atoms with Crippen molar-refractivity contribution in [3.63, 3.8) is 0 Å². The summed E-state index contributed by atoms with van der Waals surface area (Å²) in [6.45, 7) is 3.29. The lowest BCUT2D eigenvalue weighted by molar-refractivity contribution is -0.138. The van der Waals surface area contributed by atoms with E-state index < -0.39 is 35.7 Å². The molecular formula is C26H25ClF3N3O3. The summed E-state index contributed by atoms with van der Waals surface area (Å²) < 4.78 is 43.7. The Labute approximate surface area is 211 Å². The molecule has 6 nitrogen and oxygen atoms in total. The number of ether oxygens (including phenoxy) is 1. The predicted molar refractivity (Wildman–Crippen MR) is 130 cm³/mol. The smallest absolute Gasteiger partial charge is 0.417 e. The number of amides is 2. The van der Waals surface area contributed by atoms with Gasteiger partial charge >= 0.3 is 6.18 Å². The van der Waals surface area contributed by atoms with Crippen molar-refractivity contribution in [2.45, 2.75) is 44.5 Å². The van der Waals surface area contributed by atoms with Gasteiger partial charge < -0.3 is 15.8 Å². The molecule has 10 heteroatoms. The van der Waals surface area contributed by atoms with E-state index in [1.54, 1.807) is 30.3 Å². The molecule has 3 aromatic rings. The number of rotatable bonds is 9. The summed E-state index contributed by atoms with van der Waals surface area (Å²) in [5.74, 6) is -1.39. The number of pyridine rings is 1. The Morgan fingerprint density at radius 3 is 2.36 bits per heavy atom. The number of hydrogen-bond donors (Lipinski definition) is 2. The van der Waals surface area contributed by atoms with Crippen molar-refractivity contribution in [3.05, 3.63) is 94.1 Å². The molecule has 0 radical (unpaired) electrons. The quantitative estimate of drug-likeness (QED) is 0.409. The molecule has 3 atom stereocenters. The first-order valence-corrected chi connectivity index (χ1v) is 11.5. The molecule has 2 unspecified atom stereocenters. The van der Waals surface area contributed by atoms with Crippen LogP contribution in [0.2, 0.25) is 5.02 Å². The number of halogens is 4. The molecule has 2 aromatic carbocycles. The average molecular weight is 520 g/mol. The van der Waals surface area contributed by atoms with Crippen LogP contribution in [-0.2, 0) is 17.4 Å². The molecule has 0 aliphatic carbocycles. The van der Waals surface area contributed by atoms with E-state index in [1.165, 1.54) is 6.92 Å². The monoisotopic (exact) mass is 519 g/mol. The van der Waals surface area contributed by atoms with E-state index in [4.69, 9.17) is 22.1 Å². The number of nitrogens with two attached hydrogens (primary N) is 1. The second-order valence-electron chi connectivity index (χ2n) is 8.37. The lowest BCUT2D eigenvalue weighted by Gasteiger charge is -2.27. The van der Waals surface area contributed by atoms with Gasteiger partial charge in [0.2, 0.25) is 11.8 Å². The minimum absolute atomic E-state index is 0.106. The highest BCUT2D eigenvalue weighted by atomic mass is 35.5. The average Bonchev–Trinajstić information content (AvgIpc) is 2.83. The number of alkyl halides is 3. The Balaban J connectivity index is 1.76. The summed E-state index contributed by atoms with van der Waals surface area (Å²) in [6, 6.07) is 15.7. The van der Waals surface area contributed by atoms with Crippen molar-refractivity contribution in [1.29, 1.82) is 0 Å². The number of nitrogens with zero attached hydrogens (tertiary/aromatic N) is 1. The Kier molecular flexibility index (Phi) is 8.57. The fraction of sp³-hybridized carbons (Fsp3) is 0.269. The highest BCUT2D eigenvalue weighted by Gasteiger charge is 2.31. The maximum atomic E-state index is 12.9. The number of aromatic nitrogens is 1. The molecule has 36 heavy (non-hydrogen) atoms. The zero-order valence-corrected chi connectivity index (χ0v) is 20.3. The van der Waals surface area contributed by atoms with E-state index in [1.807, 2.05) is 25.1 Å². The van der Waals surface area contributed by atoms with Crippen molar-refractivity contribution in [1.82, 2.24) is 10.3 Å². The van der Waals surface area contributed by atoms with E-state index in [0.717, 1.165) is 23.3 Å². The van der Waals surface area contributed by atoms with Crippen LogP contribution in [-0.4, -0.2) is 28.9 Å². The Morgan fingerprint density at radius 1 is 1.08 bits per heavy atom. The second-order valence-corrected chi connectivity index (χ2v) is 8.80. The van der Waals surface area contributed by atoms with E-state index in [-0.39, 0.29) is 11.8 Å². The van der Waals surface area contributed by atoms with Gasteiger partial charge in [0, 0.05) is 34.8 Å². The fourth-order valence-corrected chi connectivity index (χ4v) is 3.80. The van der Waals surface area contributed by atoms with Crippen LogP contribution >= 0.6 is 11.6 Å². The number of nitrogens with one attached hydrogen (secondary N) is 1. The van der Waals surface area contributed by atoms with Gasteiger partial charge in [-0.15, -0.1) is 0 Å². The van der Waals surface area contributed by atoms with Crippen LogP contribution in [0.25, 0.3) is 0 Å². The number of carbonyl (C=O) groups excluding carboxylic acids is 2. The van der Waals surface area contributed by atoms with Crippen molar-refractivity contribution >= 4 is 23.4 Å². The summed E-state index contributed by atoms with van der Waals surface area (Å²) in [6.07, 6.45) is -4.37. The molecule has 3 rings (SSSR count). The van der Waals surface area contributed by atoms with Crippen LogP contribution in [0.5, 0.6) is 5.88 Å². The summed E-state index contributed by atoms with van der Waals surface area (Å²) in [5, 5.41) is 3.49. The zero-order valence-electron chi connectivity index (χ0n) is 19.6. The minimum Gasteiger partial charge on any atom is -0.465 e. The second kappa shape index (κ2) is 11.4. The number of hydrogen-bond acceptors (Lipinski definition) is 4. The van der Waals surface area contributed by atoms with Gasteiger partial charge in [0.25, 0.3) is 5.91 Å². The molecule has 3 N–H and O–H groups in total. The summed E-state index contributed by atoms with van der Waals surface area (Å²) >= 11 is 6.00. The molecular weight excluding hydrogens is 495 g/mol. The zero-order chi connectivity index (χ0) is 26.5. The maximum absolute atomic E-state index is 12.9. The van der Waals surface area contributed by atoms with Crippen LogP contribution in [0.4, 0.5) is 13.2 Å². The topological polar surface area (TPSA) is 94.3 Å². The van der Waals surface area contributed by atoms with Crippen molar-refractivity contribution in [2.75, 3.05) is 0 Å². The summed E-state index contributed by atoms with van der Waals surface area (Å²) in [4.78, 5) is 28.2. The van der Waals surface area contributed by atoms with Crippen molar-refractivity contribution in [2.24, 2.45) is 5.73 Å². The van der Waals surface area contributed by atoms with E-state index >= 15 is 0 Å². The minimum atomic E-state index is -4.52. The van der Waals surface area contributed by atoms with Gasteiger partial charge in [-0.3, -0.25) is 9.59 Å². The van der Waals surface area contributed by atoms with Crippen molar-refractivity contribution in [3.8, 4) is 5.88 Å². The number of benzene rings is 2. The third-order valence-corrected chi connectivity index (χ3v) is 5.92. The van der Waals surface area contributed by atoms with Gasteiger partial charge in [0.1, 0.15) is 0 Å². The molecule has 0 fully saturated rings. The summed E-state index contributed by atoms with van der Waals surface area (Å²) in [5.41, 5.74) is 6.64. The van der Waals surface area contributed by atoms with E-state index in [2.05, 4.69) is 10.3 Å². The lowest BCUT2D eigenvalue weighted by atomic mass is 9.85. The van der Waals surface area contributed by atoms with Gasteiger partial charge in [-0.2, -0.15) is 13.2 Å². The van der Waals surface area contributed by atoms with Crippen LogP contribution in [0.3, 0.4) is 0 Å². The highest BCUT2D eigenvalue weighted by molar-refractivity contribution is 6.30. The van der Waals surface area contributed by atoms with Crippen LogP contribution in [0.1, 0.15) is 46.8 Å². The predicted octanol–water partition coefficient (Wildman–Crippen LogP) is 5.15. The van der Waals surface area contributed by atoms with Gasteiger partial charge in [-0.25, -0.2) is 4.98 Å². The molecule has 0 bridgehead atoms. The first kappa shape index (κ1) is 27.0. The first-order valence-electron chi connectivity index (χ1n) is 11.1. The van der Waals surface area contributed by atoms with Gasteiger partial charge in [0.15, 0.2) is 6.10 Å². The van der Waals surface area contributed by atoms with Crippen molar-refractivity contribution < 1.29 is 27.5 Å². The van der Waals surface area contributed by atoms with E-state index in [0.29, 0.717) is 23.2 Å². The molecule has 0 aliphatic heterocycles. The first-order chi connectivity index (χ1) is 16.9. The third kappa shape index (κ3) is 7.21. The molecule has 0 saturated heterocycles. The molecule has 190 valence electrons. The molecule has 0 spiro atoms. The van der Waals surface area contributed by atoms with Gasteiger partial charge in [-0.1, -0.05) is 35.9 Å². The molecule has 0 saturated carbocycles. The molecule has 1 heterocycles. The molecule has 0 aliphatic rings. The highest BCUT2D eigenvalue weighted by Crippen LogP contribution is 2.29. The van der Waals surface area contributed by atoms with Crippen LogP contribution in [0.15, 0.2) is 66.9 Å². The number of carbonyl (C=O) groups is 2. The Bertz CT molecular complexity index is 1200. The normalized spacial score (nSPS) is 13.9. The maximum Gasteiger partial charge on any atom is 0.417 e. The molecule has 1 aromatic heterocycles. The van der Waals surface area contributed by atoms with Gasteiger partial charge in [0.05, 0.1) is 5.56 Å². The third-order valence-electron chi connectivity index (χ3n) is 5.67. The molecule has 2 amide bonds. The van der Waals surface area contributed by atoms with Crippen LogP contribution in [0, 0.1) is 0 Å². The lowest BCUT2D eigenvalue weighted by Crippen LogP contribution is -2.44. The van der Waals surface area contributed by atoms with Gasteiger partial charge in [-0.05, 0) is 61.7 Å².